The Morgan fingerprint density at radius 2 is 1.91 bits per heavy atom. The van der Waals surface area contributed by atoms with Gasteiger partial charge in [0, 0.05) is 32.9 Å². The van der Waals surface area contributed by atoms with E-state index in [9.17, 15) is 23.1 Å². The average Bonchev–Trinajstić information content (AvgIpc) is 3.20. The highest BCUT2D eigenvalue weighted by Gasteiger charge is 2.28. The molecular weight excluding hydrogens is 460 g/mol. The molecule has 2 aromatic carbocycles. The number of hydrogen-bond donors (Lipinski definition) is 2. The molecule has 0 aromatic heterocycles. The lowest BCUT2D eigenvalue weighted by Crippen LogP contribution is -2.39. The first kappa shape index (κ1) is 25.7. The molecule has 1 aliphatic rings. The van der Waals surface area contributed by atoms with Crippen molar-refractivity contribution in [2.24, 2.45) is 0 Å². The summed E-state index contributed by atoms with van der Waals surface area (Å²) in [4.78, 5) is 27.9. The van der Waals surface area contributed by atoms with E-state index in [4.69, 9.17) is 9.84 Å². The van der Waals surface area contributed by atoms with Crippen LogP contribution >= 0.6 is 0 Å². The zero-order valence-corrected chi connectivity index (χ0v) is 20.1. The number of aliphatic hydroxyl groups excluding tert-OH is 1. The van der Waals surface area contributed by atoms with Crippen molar-refractivity contribution >= 4 is 21.7 Å². The Bertz CT molecular complexity index is 1120. The summed E-state index contributed by atoms with van der Waals surface area (Å²) in [6, 6.07) is 12.9. The highest BCUT2D eigenvalue weighted by atomic mass is 32.2. The van der Waals surface area contributed by atoms with Crippen LogP contribution in [0.15, 0.2) is 53.4 Å². The Morgan fingerprint density at radius 1 is 1.21 bits per heavy atom. The summed E-state index contributed by atoms with van der Waals surface area (Å²) in [6.45, 7) is 1.25. The Morgan fingerprint density at radius 3 is 2.50 bits per heavy atom. The maximum Gasteiger partial charge on any atom is 0.341 e. The van der Waals surface area contributed by atoms with Gasteiger partial charge in [-0.05, 0) is 41.8 Å². The number of hydrogen-bond acceptors (Lipinski definition) is 7. The number of benzene rings is 2. The van der Waals surface area contributed by atoms with Crippen LogP contribution in [0.4, 0.5) is 0 Å². The smallest absolute Gasteiger partial charge is 0.341 e. The monoisotopic (exact) mass is 490 g/mol. The van der Waals surface area contributed by atoms with Gasteiger partial charge in [0.25, 0.3) is 0 Å². The fraction of sp³-hybridized carbons (Fsp3) is 0.417. The normalized spacial score (nSPS) is 17.3. The van der Waals surface area contributed by atoms with E-state index in [0.717, 1.165) is 11.8 Å². The van der Waals surface area contributed by atoms with E-state index in [1.54, 1.807) is 42.3 Å². The quantitative estimate of drug-likeness (QED) is 0.512. The van der Waals surface area contributed by atoms with E-state index in [1.807, 2.05) is 6.07 Å². The Hall–Kier alpha value is -2.95. The number of amides is 1. The maximum atomic E-state index is 13.2. The lowest BCUT2D eigenvalue weighted by Gasteiger charge is -2.32. The molecule has 184 valence electrons. The number of carboxylic acid groups (broad SMARTS) is 1. The molecule has 2 aromatic rings. The maximum absolute atomic E-state index is 13.2. The summed E-state index contributed by atoms with van der Waals surface area (Å²) in [7, 11) is -1.61. The van der Waals surface area contributed by atoms with Crippen LogP contribution in [0.1, 0.15) is 23.6 Å². The van der Waals surface area contributed by atoms with Gasteiger partial charge in [-0.1, -0.05) is 24.3 Å². The molecule has 0 radical (unpaired) electrons. The predicted molar refractivity (Wildman–Crippen MR) is 125 cm³/mol. The molecule has 1 amide bonds. The fourth-order valence-electron chi connectivity index (χ4n) is 3.96. The zero-order valence-electron chi connectivity index (χ0n) is 19.3. The van der Waals surface area contributed by atoms with Crippen LogP contribution in [0.25, 0.3) is 0 Å². The van der Waals surface area contributed by atoms with Crippen LogP contribution in [0.2, 0.25) is 0 Å². The van der Waals surface area contributed by atoms with E-state index in [-0.39, 0.29) is 23.3 Å². The van der Waals surface area contributed by atoms with Gasteiger partial charge in [0.2, 0.25) is 5.91 Å². The van der Waals surface area contributed by atoms with Crippen LogP contribution in [-0.2, 0) is 25.8 Å². The largest absolute Gasteiger partial charge is 0.482 e. The van der Waals surface area contributed by atoms with Crippen molar-refractivity contribution in [2.75, 3.05) is 39.5 Å². The first-order valence-electron chi connectivity index (χ1n) is 10.9. The molecule has 2 N–H and O–H groups in total. The number of aliphatic carboxylic acids is 1. The molecule has 1 fully saturated rings. The van der Waals surface area contributed by atoms with Crippen molar-refractivity contribution in [1.29, 1.82) is 0 Å². The Labute approximate surface area is 199 Å². The Balaban J connectivity index is 1.80. The second-order valence-electron chi connectivity index (χ2n) is 8.57. The number of nitrogens with zero attached hydrogens (tertiary/aromatic N) is 2. The second-order valence-corrected chi connectivity index (χ2v) is 10.6. The van der Waals surface area contributed by atoms with Crippen LogP contribution < -0.4 is 4.74 Å². The molecule has 10 heteroatoms. The van der Waals surface area contributed by atoms with E-state index in [2.05, 4.69) is 4.90 Å². The second kappa shape index (κ2) is 11.0. The lowest BCUT2D eigenvalue weighted by atomic mass is 10.0. The number of carbonyl (C=O) groups excluding carboxylic acids is 1. The molecule has 1 aliphatic heterocycles. The first-order chi connectivity index (χ1) is 16.0. The van der Waals surface area contributed by atoms with Crippen molar-refractivity contribution in [2.45, 2.75) is 29.9 Å². The molecule has 1 heterocycles. The molecule has 0 unspecified atom stereocenters. The standard InChI is InChI=1S/C24H30N2O7S/c1-25(23(28)12-17-6-8-21(9-7-17)34(2,31)32)22(15-26-11-10-19(27)14-26)18-4-3-5-20(13-18)33-16-24(29)30/h3-9,13,19,22,27H,10-12,14-16H2,1-2H3,(H,29,30)/t19-,22+/m0/s1. The number of likely N-dealkylation sites (tertiary alicyclic amines) is 1. The lowest BCUT2D eigenvalue weighted by molar-refractivity contribution is -0.139. The fourth-order valence-corrected chi connectivity index (χ4v) is 4.59. The van der Waals surface area contributed by atoms with Crippen molar-refractivity contribution < 1.29 is 33.0 Å². The SMILES string of the molecule is CN(C(=O)Cc1ccc(S(C)(=O)=O)cc1)[C@H](CN1CC[C@H](O)C1)c1cccc(OCC(=O)O)c1. The molecular formula is C24H30N2O7S. The van der Waals surface area contributed by atoms with E-state index in [0.29, 0.717) is 37.4 Å². The number of β-amino-alcohol motifs (C(OH)–C–C–N with tert-alkyl or cyclic N) is 1. The van der Waals surface area contributed by atoms with Gasteiger partial charge in [-0.3, -0.25) is 9.69 Å². The average molecular weight is 491 g/mol. The summed E-state index contributed by atoms with van der Waals surface area (Å²) in [5.41, 5.74) is 1.48. The third-order valence-corrected chi connectivity index (χ3v) is 6.98. The predicted octanol–water partition coefficient (Wildman–Crippen LogP) is 1.36. The molecule has 0 spiro atoms. The summed E-state index contributed by atoms with van der Waals surface area (Å²) < 4.78 is 28.7. The van der Waals surface area contributed by atoms with Gasteiger partial charge < -0.3 is 19.8 Å². The van der Waals surface area contributed by atoms with Crippen molar-refractivity contribution in [3.63, 3.8) is 0 Å². The van der Waals surface area contributed by atoms with Crippen molar-refractivity contribution in [3.8, 4) is 5.75 Å². The van der Waals surface area contributed by atoms with E-state index in [1.165, 1.54) is 12.1 Å². The van der Waals surface area contributed by atoms with E-state index >= 15 is 0 Å². The summed E-state index contributed by atoms with van der Waals surface area (Å²) in [5.74, 6) is -0.848. The first-order valence-corrected chi connectivity index (χ1v) is 12.8. The van der Waals surface area contributed by atoms with Crippen LogP contribution in [0, 0.1) is 0 Å². The van der Waals surface area contributed by atoms with E-state index < -0.39 is 28.5 Å². The highest BCUT2D eigenvalue weighted by Crippen LogP contribution is 2.27. The number of rotatable bonds is 10. The Kier molecular flexibility index (Phi) is 8.29. The topological polar surface area (TPSA) is 124 Å². The minimum absolute atomic E-state index is 0.0921. The van der Waals surface area contributed by atoms with Crippen LogP contribution in [-0.4, -0.2) is 86.0 Å². The van der Waals surface area contributed by atoms with Gasteiger partial charge in [-0.2, -0.15) is 0 Å². The minimum Gasteiger partial charge on any atom is -0.482 e. The number of likely N-dealkylation sites (N-methyl/N-ethyl adjacent to an activating group) is 1. The van der Waals surface area contributed by atoms with Gasteiger partial charge in [0.1, 0.15) is 5.75 Å². The summed E-state index contributed by atoms with van der Waals surface area (Å²) in [5, 5.41) is 18.8. The van der Waals surface area contributed by atoms with Crippen LogP contribution in [0.3, 0.4) is 0 Å². The molecule has 0 aliphatic carbocycles. The number of ether oxygens (including phenoxy) is 1. The van der Waals surface area contributed by atoms with Gasteiger partial charge in [-0.25, -0.2) is 13.2 Å². The molecule has 0 saturated carbocycles. The zero-order chi connectivity index (χ0) is 24.9. The minimum atomic E-state index is -3.32. The van der Waals surface area contributed by atoms with Gasteiger partial charge in [0.15, 0.2) is 16.4 Å². The van der Waals surface area contributed by atoms with Gasteiger partial charge >= 0.3 is 5.97 Å². The third kappa shape index (κ3) is 7.02. The van der Waals surface area contributed by atoms with Crippen molar-refractivity contribution in [3.05, 3.63) is 59.7 Å². The van der Waals surface area contributed by atoms with Gasteiger partial charge in [0.05, 0.1) is 23.5 Å². The van der Waals surface area contributed by atoms with Gasteiger partial charge in [-0.15, -0.1) is 0 Å². The van der Waals surface area contributed by atoms with Crippen molar-refractivity contribution in [1.82, 2.24) is 9.80 Å². The molecule has 9 nitrogen and oxygen atoms in total. The number of sulfone groups is 1. The van der Waals surface area contributed by atoms with Crippen LogP contribution in [0.5, 0.6) is 5.75 Å². The summed E-state index contributed by atoms with van der Waals surface area (Å²) in [6.07, 6.45) is 1.49. The molecule has 34 heavy (non-hydrogen) atoms. The molecule has 0 bridgehead atoms. The molecule has 3 rings (SSSR count). The highest BCUT2D eigenvalue weighted by molar-refractivity contribution is 7.90. The molecule has 2 atom stereocenters. The number of carbonyl (C=O) groups is 2. The third-order valence-electron chi connectivity index (χ3n) is 5.85. The summed E-state index contributed by atoms with van der Waals surface area (Å²) >= 11 is 0. The number of aliphatic hydroxyl groups is 1. The number of carboxylic acids is 1. The molecule has 1 saturated heterocycles.